The first-order chi connectivity index (χ1) is 17.9. The highest BCUT2D eigenvalue weighted by Gasteiger charge is 2.35. The van der Waals surface area contributed by atoms with Crippen molar-refractivity contribution < 1.29 is 26.0 Å². The number of likely N-dealkylation sites (N-methyl/N-ethyl adjacent to an activating group) is 1. The number of sulfone groups is 1. The Labute approximate surface area is 222 Å². The molecule has 200 valence electrons. The second-order valence-corrected chi connectivity index (χ2v) is 13.3. The van der Waals surface area contributed by atoms with Crippen LogP contribution in [0.15, 0.2) is 84.5 Å². The maximum atomic E-state index is 14.1. The highest BCUT2D eigenvalue weighted by atomic mass is 32.2. The monoisotopic (exact) mass is 557 g/mol. The summed E-state index contributed by atoms with van der Waals surface area (Å²) in [7, 11) is -5.67. The van der Waals surface area contributed by atoms with Gasteiger partial charge in [0.05, 0.1) is 24.0 Å². The predicted octanol–water partition coefficient (Wildman–Crippen LogP) is 3.20. The molecular weight excluding hydrogens is 529 g/mol. The molecule has 0 N–H and O–H groups in total. The number of carbonyl (C=O) groups excluding carboxylic acids is 1. The molecule has 1 aliphatic heterocycles. The van der Waals surface area contributed by atoms with Gasteiger partial charge in [0.15, 0.2) is 9.84 Å². The van der Waals surface area contributed by atoms with Gasteiger partial charge < -0.3 is 4.90 Å². The lowest BCUT2D eigenvalue weighted by Gasteiger charge is -2.33. The van der Waals surface area contributed by atoms with E-state index < -0.39 is 37.7 Å². The number of aromatic nitrogens is 1. The van der Waals surface area contributed by atoms with Crippen LogP contribution in [-0.4, -0.2) is 68.6 Å². The molecule has 0 saturated heterocycles. The normalized spacial score (nSPS) is 17.4. The Kier molecular flexibility index (Phi) is 8.10. The third-order valence-corrected chi connectivity index (χ3v) is 9.15. The molecule has 8 nitrogen and oxygen atoms in total. The van der Waals surface area contributed by atoms with Crippen LogP contribution in [0.25, 0.3) is 11.1 Å². The van der Waals surface area contributed by atoms with Crippen molar-refractivity contribution in [3.05, 3.63) is 101 Å². The summed E-state index contributed by atoms with van der Waals surface area (Å²) >= 11 is 0. The number of hydrogen-bond donors (Lipinski definition) is 0. The van der Waals surface area contributed by atoms with Gasteiger partial charge in [-0.05, 0) is 52.6 Å². The average molecular weight is 558 g/mol. The Morgan fingerprint density at radius 2 is 1.61 bits per heavy atom. The summed E-state index contributed by atoms with van der Waals surface area (Å²) in [5.41, 5.74) is 2.92. The molecular formula is C27H28FN3O5S2. The van der Waals surface area contributed by atoms with E-state index >= 15 is 0 Å². The smallest absolute Gasteiger partial charge is 0.232 e. The number of sulfonamides is 1. The number of hydrogen-bond acceptors (Lipinski definition) is 6. The van der Waals surface area contributed by atoms with Gasteiger partial charge in [0.25, 0.3) is 0 Å². The Bertz CT molecular complexity index is 1530. The van der Waals surface area contributed by atoms with Crippen molar-refractivity contribution in [3.63, 3.8) is 0 Å². The molecule has 1 aliphatic rings. The van der Waals surface area contributed by atoms with E-state index in [1.165, 1.54) is 30.2 Å². The summed E-state index contributed by atoms with van der Waals surface area (Å²) in [4.78, 5) is 19.6. The minimum absolute atomic E-state index is 0.124. The largest absolute Gasteiger partial charge is 0.330 e. The quantitative estimate of drug-likeness (QED) is 0.400. The van der Waals surface area contributed by atoms with Crippen molar-refractivity contribution in [3.8, 4) is 11.1 Å². The Hall–Kier alpha value is -3.41. The molecule has 1 aromatic heterocycles. The fourth-order valence-electron chi connectivity index (χ4n) is 4.27. The number of carbonyl (C=O) groups is 1. The van der Waals surface area contributed by atoms with Crippen molar-refractivity contribution >= 4 is 25.8 Å². The number of pyridine rings is 1. The van der Waals surface area contributed by atoms with Crippen LogP contribution in [-0.2, 0) is 31.2 Å². The summed E-state index contributed by atoms with van der Waals surface area (Å²) in [6.45, 7) is -0.0117. The first kappa shape index (κ1) is 27.6. The molecule has 0 saturated carbocycles. The molecule has 0 aliphatic carbocycles. The summed E-state index contributed by atoms with van der Waals surface area (Å²) in [5.74, 6) is -1.91. The van der Waals surface area contributed by atoms with Gasteiger partial charge in [0.1, 0.15) is 5.82 Å². The van der Waals surface area contributed by atoms with Gasteiger partial charge in [0.2, 0.25) is 15.9 Å². The molecule has 0 radical (unpaired) electrons. The molecule has 2 aromatic carbocycles. The van der Waals surface area contributed by atoms with Crippen LogP contribution in [0.2, 0.25) is 0 Å². The van der Waals surface area contributed by atoms with E-state index in [4.69, 9.17) is 0 Å². The summed E-state index contributed by atoms with van der Waals surface area (Å²) in [6.07, 6.45) is 5.72. The fraction of sp³-hybridized carbons (Fsp3) is 0.259. The van der Waals surface area contributed by atoms with E-state index in [2.05, 4.69) is 4.98 Å². The minimum Gasteiger partial charge on any atom is -0.330 e. The second-order valence-electron chi connectivity index (χ2n) is 9.27. The standard InChI is InChI=1S/C27H28FN3O5S2/c1-30(37(2,33)34)18-26(23-5-3-21(4-6-23)22-7-9-24(28)10-8-22)27(32)31(17-20-11-14-29-15-12-20)25-13-16-38(35,36)19-25/h3-16,25-26H,17-19H2,1-2H3. The van der Waals surface area contributed by atoms with Crippen molar-refractivity contribution in [2.75, 3.05) is 25.6 Å². The van der Waals surface area contributed by atoms with Crippen molar-refractivity contribution in [2.24, 2.45) is 0 Å². The van der Waals surface area contributed by atoms with Gasteiger partial charge in [-0.2, -0.15) is 0 Å². The molecule has 38 heavy (non-hydrogen) atoms. The van der Waals surface area contributed by atoms with Crippen LogP contribution < -0.4 is 0 Å². The Morgan fingerprint density at radius 1 is 1.03 bits per heavy atom. The molecule has 11 heteroatoms. The van der Waals surface area contributed by atoms with E-state index in [1.807, 2.05) is 0 Å². The van der Waals surface area contributed by atoms with Gasteiger partial charge in [-0.1, -0.05) is 36.4 Å². The fourth-order valence-corrected chi connectivity index (χ4v) is 5.98. The van der Waals surface area contributed by atoms with Crippen LogP contribution in [0.4, 0.5) is 4.39 Å². The van der Waals surface area contributed by atoms with Gasteiger partial charge >= 0.3 is 0 Å². The van der Waals surface area contributed by atoms with E-state index in [0.29, 0.717) is 5.56 Å². The molecule has 0 spiro atoms. The zero-order valence-electron chi connectivity index (χ0n) is 20.9. The summed E-state index contributed by atoms with van der Waals surface area (Å²) in [5, 5.41) is 1.11. The van der Waals surface area contributed by atoms with Crippen LogP contribution in [0, 0.1) is 5.82 Å². The average Bonchev–Trinajstić information content (AvgIpc) is 3.25. The number of amides is 1. The molecule has 0 fully saturated rings. The maximum absolute atomic E-state index is 14.1. The van der Waals surface area contributed by atoms with Crippen LogP contribution in [0.1, 0.15) is 17.0 Å². The lowest BCUT2D eigenvalue weighted by atomic mass is 9.94. The topological polar surface area (TPSA) is 105 Å². The molecule has 2 atom stereocenters. The molecule has 0 bridgehead atoms. The highest BCUT2D eigenvalue weighted by molar-refractivity contribution is 7.94. The number of benzene rings is 2. The lowest BCUT2D eigenvalue weighted by Crippen LogP contribution is -2.45. The van der Waals surface area contributed by atoms with Gasteiger partial charge in [-0.25, -0.2) is 25.5 Å². The molecule has 3 aromatic rings. The number of halogens is 1. The van der Waals surface area contributed by atoms with Crippen molar-refractivity contribution in [1.82, 2.24) is 14.2 Å². The van der Waals surface area contributed by atoms with Crippen molar-refractivity contribution in [1.29, 1.82) is 0 Å². The third-order valence-electron chi connectivity index (χ3n) is 6.49. The number of nitrogens with zero attached hydrogens (tertiary/aromatic N) is 3. The molecule has 1 amide bonds. The molecule has 2 unspecified atom stereocenters. The first-order valence-corrected chi connectivity index (χ1v) is 15.4. The minimum atomic E-state index is -3.61. The lowest BCUT2D eigenvalue weighted by molar-refractivity contribution is -0.134. The number of rotatable bonds is 9. The highest BCUT2D eigenvalue weighted by Crippen LogP contribution is 2.28. The predicted molar refractivity (Wildman–Crippen MR) is 144 cm³/mol. The molecule has 2 heterocycles. The SMILES string of the molecule is CN(CC(C(=O)N(Cc1ccncc1)C1C=CS(=O)(=O)C1)c1ccc(-c2ccc(F)cc2)cc1)S(C)(=O)=O. The van der Waals surface area contributed by atoms with E-state index in [9.17, 15) is 26.0 Å². The van der Waals surface area contributed by atoms with E-state index in [1.54, 1.807) is 60.9 Å². The Balaban J connectivity index is 1.71. The zero-order valence-corrected chi connectivity index (χ0v) is 22.6. The maximum Gasteiger partial charge on any atom is 0.232 e. The first-order valence-electron chi connectivity index (χ1n) is 11.8. The van der Waals surface area contributed by atoms with Gasteiger partial charge in [-0.15, -0.1) is 0 Å². The van der Waals surface area contributed by atoms with E-state index in [0.717, 1.165) is 32.7 Å². The zero-order chi connectivity index (χ0) is 27.5. The van der Waals surface area contributed by atoms with Crippen LogP contribution in [0.5, 0.6) is 0 Å². The molecule has 4 rings (SSSR count). The Morgan fingerprint density at radius 3 is 2.13 bits per heavy atom. The third kappa shape index (κ3) is 6.72. The van der Waals surface area contributed by atoms with Crippen LogP contribution >= 0.6 is 0 Å². The van der Waals surface area contributed by atoms with Gasteiger partial charge in [-0.3, -0.25) is 9.78 Å². The van der Waals surface area contributed by atoms with E-state index in [-0.39, 0.29) is 24.7 Å². The van der Waals surface area contributed by atoms with Gasteiger partial charge in [0, 0.05) is 37.9 Å². The van der Waals surface area contributed by atoms with Crippen LogP contribution in [0.3, 0.4) is 0 Å². The van der Waals surface area contributed by atoms with Crippen molar-refractivity contribution in [2.45, 2.75) is 18.5 Å². The summed E-state index contributed by atoms with van der Waals surface area (Å²) < 4.78 is 63.4. The summed E-state index contributed by atoms with van der Waals surface area (Å²) in [6, 6.07) is 15.8. The second kappa shape index (κ2) is 11.1.